The van der Waals surface area contributed by atoms with Gasteiger partial charge in [-0.05, 0) is 39.2 Å². The second-order valence-corrected chi connectivity index (χ2v) is 6.91. The van der Waals surface area contributed by atoms with Crippen LogP contribution in [0, 0.1) is 0 Å². The van der Waals surface area contributed by atoms with E-state index in [1.807, 2.05) is 33.1 Å². The molecule has 20 heavy (non-hydrogen) atoms. The Morgan fingerprint density at radius 2 is 1.55 bits per heavy atom. The normalized spacial score (nSPS) is 19.6. The SMILES string of the molecule is CC1(C)OB(c2cnsc2)OC1(C)C.CCCCCC. The standard InChI is InChI=1S/C9H14BNO2S.C6H14/c1-8(2)9(3,4)13-10(12-8)7-5-11-14-6-7;1-3-5-6-4-2/h5-6H,1-4H3;3-6H2,1-2H3. The van der Waals surface area contributed by atoms with Crippen LogP contribution in [0.3, 0.4) is 0 Å². The summed E-state index contributed by atoms with van der Waals surface area (Å²) >= 11 is 1.42. The van der Waals surface area contributed by atoms with Crippen molar-refractivity contribution >= 4 is 24.1 Å². The lowest BCUT2D eigenvalue weighted by molar-refractivity contribution is 0.00578. The summed E-state index contributed by atoms with van der Waals surface area (Å²) in [5, 5.41) is 1.96. The molecule has 3 nitrogen and oxygen atoms in total. The van der Waals surface area contributed by atoms with Crippen LogP contribution in [0.2, 0.25) is 0 Å². The maximum absolute atomic E-state index is 5.85. The van der Waals surface area contributed by atoms with Crippen LogP contribution in [0.4, 0.5) is 0 Å². The van der Waals surface area contributed by atoms with Crippen LogP contribution in [-0.4, -0.2) is 22.7 Å². The Morgan fingerprint density at radius 3 is 1.90 bits per heavy atom. The maximum Gasteiger partial charge on any atom is 0.497 e. The number of hydrogen-bond acceptors (Lipinski definition) is 4. The molecule has 0 unspecified atom stereocenters. The highest BCUT2D eigenvalue weighted by atomic mass is 32.1. The fraction of sp³-hybridized carbons (Fsp3) is 0.800. The van der Waals surface area contributed by atoms with Gasteiger partial charge in [0.2, 0.25) is 0 Å². The van der Waals surface area contributed by atoms with Gasteiger partial charge in [0.05, 0.1) is 11.2 Å². The second-order valence-electron chi connectivity index (χ2n) is 6.25. The molecule has 0 spiro atoms. The molecule has 1 saturated heterocycles. The summed E-state index contributed by atoms with van der Waals surface area (Å²) < 4.78 is 15.7. The molecule has 0 aromatic carbocycles. The highest BCUT2D eigenvalue weighted by molar-refractivity contribution is 7.04. The van der Waals surface area contributed by atoms with E-state index in [4.69, 9.17) is 9.31 Å². The average Bonchev–Trinajstić information content (AvgIpc) is 2.95. The molecule has 0 saturated carbocycles. The zero-order valence-corrected chi connectivity index (χ0v) is 14.5. The molecular formula is C15H28BNO2S. The van der Waals surface area contributed by atoms with Crippen LogP contribution >= 0.6 is 11.5 Å². The van der Waals surface area contributed by atoms with Gasteiger partial charge in [-0.3, -0.25) is 0 Å². The number of nitrogens with zero attached hydrogens (tertiary/aromatic N) is 1. The molecule has 0 radical (unpaired) electrons. The first kappa shape index (κ1) is 17.7. The van der Waals surface area contributed by atoms with E-state index in [0.29, 0.717) is 0 Å². The lowest BCUT2D eigenvalue weighted by Gasteiger charge is -2.32. The summed E-state index contributed by atoms with van der Waals surface area (Å²) in [7, 11) is -0.265. The van der Waals surface area contributed by atoms with Gasteiger partial charge in [-0.25, -0.2) is 4.37 Å². The third-order valence-electron chi connectivity index (χ3n) is 3.93. The molecule has 2 rings (SSSR count). The van der Waals surface area contributed by atoms with Crippen LogP contribution in [0.5, 0.6) is 0 Å². The molecule has 0 aliphatic carbocycles. The number of aromatic nitrogens is 1. The van der Waals surface area contributed by atoms with E-state index in [9.17, 15) is 0 Å². The molecule has 0 N–H and O–H groups in total. The first-order chi connectivity index (χ1) is 9.34. The van der Waals surface area contributed by atoms with E-state index in [1.165, 1.54) is 37.2 Å². The van der Waals surface area contributed by atoms with Crippen LogP contribution in [-0.2, 0) is 9.31 Å². The third-order valence-corrected chi connectivity index (χ3v) is 4.54. The molecule has 0 bridgehead atoms. The van der Waals surface area contributed by atoms with Crippen molar-refractivity contribution in [3.8, 4) is 0 Å². The summed E-state index contributed by atoms with van der Waals surface area (Å²) in [6, 6.07) is 0. The van der Waals surface area contributed by atoms with Gasteiger partial charge in [-0.1, -0.05) is 39.5 Å². The van der Waals surface area contributed by atoms with Gasteiger partial charge in [0, 0.05) is 17.0 Å². The molecule has 1 fully saturated rings. The first-order valence-corrected chi connectivity index (χ1v) is 8.42. The molecule has 5 heteroatoms. The summed E-state index contributed by atoms with van der Waals surface area (Å²) in [5.74, 6) is 0. The van der Waals surface area contributed by atoms with Crippen molar-refractivity contribution in [2.45, 2.75) is 78.4 Å². The van der Waals surface area contributed by atoms with Crippen molar-refractivity contribution < 1.29 is 9.31 Å². The van der Waals surface area contributed by atoms with E-state index < -0.39 is 0 Å². The van der Waals surface area contributed by atoms with E-state index in [2.05, 4.69) is 18.2 Å². The Kier molecular flexibility index (Phi) is 6.69. The molecule has 114 valence electrons. The zero-order valence-electron chi connectivity index (χ0n) is 13.7. The van der Waals surface area contributed by atoms with Gasteiger partial charge >= 0.3 is 7.12 Å². The quantitative estimate of drug-likeness (QED) is 0.621. The van der Waals surface area contributed by atoms with Crippen LogP contribution in [0.15, 0.2) is 11.6 Å². The summed E-state index contributed by atoms with van der Waals surface area (Å²) in [6.45, 7) is 12.7. The van der Waals surface area contributed by atoms with E-state index >= 15 is 0 Å². The number of unbranched alkanes of at least 4 members (excludes halogenated alkanes) is 3. The van der Waals surface area contributed by atoms with Crippen molar-refractivity contribution in [2.75, 3.05) is 0 Å². The Bertz CT molecular complexity index is 359. The topological polar surface area (TPSA) is 31.4 Å². The molecule has 1 aromatic rings. The van der Waals surface area contributed by atoms with E-state index in [1.54, 1.807) is 6.20 Å². The summed E-state index contributed by atoms with van der Waals surface area (Å²) in [4.78, 5) is 0. The van der Waals surface area contributed by atoms with E-state index in [0.717, 1.165) is 5.46 Å². The minimum atomic E-state index is -0.265. The Hall–Kier alpha value is -0.385. The molecular weight excluding hydrogens is 269 g/mol. The van der Waals surface area contributed by atoms with Crippen molar-refractivity contribution in [3.05, 3.63) is 11.6 Å². The first-order valence-electron chi connectivity index (χ1n) is 7.59. The van der Waals surface area contributed by atoms with Gasteiger partial charge in [0.25, 0.3) is 0 Å². The largest absolute Gasteiger partial charge is 0.497 e. The van der Waals surface area contributed by atoms with Gasteiger partial charge in [-0.15, -0.1) is 0 Å². The molecule has 1 aromatic heterocycles. The maximum atomic E-state index is 5.85. The van der Waals surface area contributed by atoms with Crippen LogP contribution in [0.1, 0.15) is 67.2 Å². The lowest BCUT2D eigenvalue weighted by Crippen LogP contribution is -2.41. The number of rotatable bonds is 4. The van der Waals surface area contributed by atoms with Crippen molar-refractivity contribution in [2.24, 2.45) is 0 Å². The van der Waals surface area contributed by atoms with E-state index in [-0.39, 0.29) is 18.3 Å². The Morgan fingerprint density at radius 1 is 1.05 bits per heavy atom. The fourth-order valence-corrected chi connectivity index (χ4v) is 2.35. The summed E-state index contributed by atoms with van der Waals surface area (Å²) in [6.07, 6.45) is 7.33. The smallest absolute Gasteiger partial charge is 0.399 e. The van der Waals surface area contributed by atoms with Crippen molar-refractivity contribution in [1.82, 2.24) is 4.37 Å². The molecule has 0 atom stereocenters. The van der Waals surface area contributed by atoms with Gasteiger partial charge in [-0.2, -0.15) is 0 Å². The van der Waals surface area contributed by atoms with Crippen molar-refractivity contribution in [3.63, 3.8) is 0 Å². The predicted octanol–water partition coefficient (Wildman–Crippen LogP) is 4.03. The second kappa shape index (κ2) is 7.57. The minimum absolute atomic E-state index is 0.264. The molecule has 0 amide bonds. The molecule has 1 aliphatic rings. The molecule has 1 aliphatic heterocycles. The van der Waals surface area contributed by atoms with Crippen LogP contribution < -0.4 is 5.46 Å². The van der Waals surface area contributed by atoms with Gasteiger partial charge < -0.3 is 9.31 Å². The summed E-state index contributed by atoms with van der Waals surface area (Å²) in [5.41, 5.74) is 0.479. The van der Waals surface area contributed by atoms with Crippen LogP contribution in [0.25, 0.3) is 0 Å². The Balaban J connectivity index is 0.000000286. The molecule has 2 heterocycles. The average molecular weight is 297 g/mol. The van der Waals surface area contributed by atoms with Gasteiger partial charge in [0.15, 0.2) is 0 Å². The zero-order chi connectivity index (χ0) is 15.2. The highest BCUT2D eigenvalue weighted by Crippen LogP contribution is 2.36. The fourth-order valence-electron chi connectivity index (χ4n) is 1.81. The monoisotopic (exact) mass is 297 g/mol. The van der Waals surface area contributed by atoms with Crippen molar-refractivity contribution in [1.29, 1.82) is 0 Å². The Labute approximate surface area is 128 Å². The third kappa shape index (κ3) is 4.57. The highest BCUT2D eigenvalue weighted by Gasteiger charge is 2.51. The number of hydrogen-bond donors (Lipinski definition) is 0. The van der Waals surface area contributed by atoms with Gasteiger partial charge in [0.1, 0.15) is 0 Å². The predicted molar refractivity (Wildman–Crippen MR) is 87.6 cm³/mol. The minimum Gasteiger partial charge on any atom is -0.399 e. The lowest BCUT2D eigenvalue weighted by atomic mass is 9.82.